The monoisotopic (exact) mass is 480 g/mol. The summed E-state index contributed by atoms with van der Waals surface area (Å²) in [6.45, 7) is 1.64. The van der Waals surface area contributed by atoms with E-state index >= 15 is 0 Å². The van der Waals surface area contributed by atoms with E-state index in [1.54, 1.807) is 12.1 Å². The summed E-state index contributed by atoms with van der Waals surface area (Å²) in [4.78, 5) is 27.4. The van der Waals surface area contributed by atoms with Crippen molar-refractivity contribution in [2.45, 2.75) is 57.4 Å². The summed E-state index contributed by atoms with van der Waals surface area (Å²) in [7, 11) is 0. The number of hydrogen-bond acceptors (Lipinski definition) is 3. The first-order chi connectivity index (χ1) is 16.5. The summed E-state index contributed by atoms with van der Waals surface area (Å²) in [5, 5.41) is 3.48. The van der Waals surface area contributed by atoms with Gasteiger partial charge in [0.2, 0.25) is 5.91 Å². The molecule has 34 heavy (non-hydrogen) atoms. The highest BCUT2D eigenvalue weighted by Crippen LogP contribution is 2.56. The maximum Gasteiger partial charge on any atom is 0.251 e. The zero-order valence-corrected chi connectivity index (χ0v) is 20.4. The van der Waals surface area contributed by atoms with Crippen molar-refractivity contribution in [1.82, 2.24) is 10.2 Å². The Balaban J connectivity index is 1.08. The van der Waals surface area contributed by atoms with Gasteiger partial charge in [0.25, 0.3) is 5.91 Å². The Morgan fingerprint density at radius 1 is 1.06 bits per heavy atom. The number of nitrogens with one attached hydrogen (secondary N) is 1. The van der Waals surface area contributed by atoms with Gasteiger partial charge in [0.1, 0.15) is 12.4 Å². The molecule has 2 amide bonds. The predicted octanol–water partition coefficient (Wildman–Crippen LogP) is 5.26. The van der Waals surface area contributed by atoms with Crippen LogP contribution in [0.2, 0.25) is 5.02 Å². The van der Waals surface area contributed by atoms with Crippen molar-refractivity contribution in [3.63, 3.8) is 0 Å². The van der Waals surface area contributed by atoms with Crippen molar-refractivity contribution in [2.75, 3.05) is 19.7 Å². The van der Waals surface area contributed by atoms with Gasteiger partial charge < -0.3 is 15.0 Å². The number of ether oxygens (including phenoxy) is 1. The Bertz CT molecular complexity index is 1030. The molecule has 2 aliphatic carbocycles. The van der Waals surface area contributed by atoms with Crippen LogP contribution in [0, 0.1) is 11.3 Å². The van der Waals surface area contributed by atoms with Gasteiger partial charge in [0.05, 0.1) is 6.54 Å². The van der Waals surface area contributed by atoms with Crippen molar-refractivity contribution >= 4 is 23.4 Å². The molecule has 2 aromatic rings. The molecule has 1 aliphatic heterocycles. The Hall–Kier alpha value is -2.53. The minimum absolute atomic E-state index is 0.0225. The van der Waals surface area contributed by atoms with Gasteiger partial charge >= 0.3 is 0 Å². The van der Waals surface area contributed by atoms with Crippen molar-refractivity contribution in [3.8, 4) is 5.75 Å². The van der Waals surface area contributed by atoms with Gasteiger partial charge in [0.15, 0.2) is 0 Å². The molecule has 5 rings (SSSR count). The lowest BCUT2D eigenvalue weighted by molar-refractivity contribution is -0.133. The van der Waals surface area contributed by atoms with E-state index in [1.165, 1.54) is 38.5 Å². The molecule has 3 aliphatic rings. The van der Waals surface area contributed by atoms with Gasteiger partial charge in [-0.1, -0.05) is 35.9 Å². The molecule has 0 aromatic heterocycles. The lowest BCUT2D eigenvalue weighted by atomic mass is 9.83. The van der Waals surface area contributed by atoms with Crippen LogP contribution in [-0.4, -0.2) is 42.5 Å². The van der Waals surface area contributed by atoms with Gasteiger partial charge in [-0.05, 0) is 86.6 Å². The zero-order valence-electron chi connectivity index (χ0n) is 19.6. The molecule has 1 unspecified atom stereocenters. The number of carbonyl (C=O) groups is 2. The Kier molecular flexibility index (Phi) is 6.82. The third-order valence-electron chi connectivity index (χ3n) is 7.95. The second kappa shape index (κ2) is 9.99. The maximum absolute atomic E-state index is 13.1. The fourth-order valence-corrected chi connectivity index (χ4v) is 5.84. The highest BCUT2D eigenvalue weighted by Gasteiger charge is 2.47. The van der Waals surface area contributed by atoms with Gasteiger partial charge in [-0.15, -0.1) is 0 Å². The maximum atomic E-state index is 13.1. The van der Waals surface area contributed by atoms with Crippen LogP contribution in [-0.2, 0) is 11.2 Å². The van der Waals surface area contributed by atoms with Gasteiger partial charge in [0, 0.05) is 29.1 Å². The molecule has 0 bridgehead atoms. The normalized spacial score (nSPS) is 21.6. The van der Waals surface area contributed by atoms with Crippen LogP contribution in [0.5, 0.6) is 5.75 Å². The number of likely N-dealkylation sites (tertiary alicyclic amines) is 1. The van der Waals surface area contributed by atoms with Crippen LogP contribution in [0.3, 0.4) is 0 Å². The Morgan fingerprint density at radius 2 is 1.82 bits per heavy atom. The van der Waals surface area contributed by atoms with Crippen molar-refractivity contribution in [3.05, 3.63) is 64.7 Å². The first kappa shape index (κ1) is 23.2. The van der Waals surface area contributed by atoms with E-state index in [0.29, 0.717) is 53.3 Å². The lowest BCUT2D eigenvalue weighted by Gasteiger charge is -2.35. The largest absolute Gasteiger partial charge is 0.492 e. The van der Waals surface area contributed by atoms with Gasteiger partial charge in [-0.25, -0.2) is 0 Å². The SMILES string of the molecule is O=C(NCCOc1ccc(CC2CCN(C3CCC4(CC3)CC4)C2=O)c(Cl)c1)c1ccccc1. The van der Waals surface area contributed by atoms with E-state index in [4.69, 9.17) is 16.3 Å². The fraction of sp³-hybridized carbons (Fsp3) is 0.500. The second-order valence-corrected chi connectivity index (χ2v) is 10.6. The molecule has 1 heterocycles. The van der Waals surface area contributed by atoms with E-state index in [-0.39, 0.29) is 11.8 Å². The van der Waals surface area contributed by atoms with E-state index in [9.17, 15) is 9.59 Å². The predicted molar refractivity (Wildman–Crippen MR) is 133 cm³/mol. The summed E-state index contributed by atoms with van der Waals surface area (Å²) < 4.78 is 5.76. The first-order valence-corrected chi connectivity index (χ1v) is 13.0. The molecular formula is C28H33ClN2O3. The number of carbonyl (C=O) groups excluding carboxylic acids is 2. The van der Waals surface area contributed by atoms with Crippen molar-refractivity contribution < 1.29 is 14.3 Å². The summed E-state index contributed by atoms with van der Waals surface area (Å²) in [5.41, 5.74) is 2.28. The molecule has 1 spiro atoms. The standard InChI is InChI=1S/C28H33ClN2O3/c29-25-19-24(34-17-15-30-26(32)20-4-2-1-3-5-20)7-6-21(25)18-22-10-16-31(27(22)33)23-8-11-28(12-9-23)13-14-28/h1-7,19,22-23H,8-18H2,(H,30,32). The minimum Gasteiger partial charge on any atom is -0.492 e. The highest BCUT2D eigenvalue weighted by atomic mass is 35.5. The molecule has 180 valence electrons. The number of nitrogens with zero attached hydrogens (tertiary/aromatic N) is 1. The van der Waals surface area contributed by atoms with Crippen LogP contribution >= 0.6 is 11.6 Å². The number of amides is 2. The zero-order chi connectivity index (χ0) is 23.5. The molecular weight excluding hydrogens is 448 g/mol. The molecule has 1 N–H and O–H groups in total. The molecule has 1 saturated heterocycles. The molecule has 6 heteroatoms. The summed E-state index contributed by atoms with van der Waals surface area (Å²) in [6, 6.07) is 15.2. The molecule has 2 aromatic carbocycles. The second-order valence-electron chi connectivity index (χ2n) is 10.2. The van der Waals surface area contributed by atoms with Gasteiger partial charge in [-0.2, -0.15) is 0 Å². The average molecular weight is 481 g/mol. The third-order valence-corrected chi connectivity index (χ3v) is 8.30. The van der Waals surface area contributed by atoms with E-state index < -0.39 is 0 Å². The summed E-state index contributed by atoms with van der Waals surface area (Å²) in [5.74, 6) is 0.878. The number of halogens is 1. The average Bonchev–Trinajstić information content (AvgIpc) is 3.52. The molecule has 2 saturated carbocycles. The van der Waals surface area contributed by atoms with Crippen molar-refractivity contribution in [1.29, 1.82) is 0 Å². The van der Waals surface area contributed by atoms with Crippen LogP contribution in [0.15, 0.2) is 48.5 Å². The topological polar surface area (TPSA) is 58.6 Å². The summed E-state index contributed by atoms with van der Waals surface area (Å²) in [6.07, 6.45) is 9.35. The van der Waals surface area contributed by atoms with Crippen molar-refractivity contribution in [2.24, 2.45) is 11.3 Å². The smallest absolute Gasteiger partial charge is 0.251 e. The Labute approximate surface area is 206 Å². The number of benzene rings is 2. The quantitative estimate of drug-likeness (QED) is 0.524. The molecule has 1 atom stereocenters. The number of hydrogen-bond donors (Lipinski definition) is 1. The fourth-order valence-electron chi connectivity index (χ4n) is 5.59. The first-order valence-electron chi connectivity index (χ1n) is 12.6. The van der Waals surface area contributed by atoms with Crippen LogP contribution in [0.25, 0.3) is 0 Å². The highest BCUT2D eigenvalue weighted by molar-refractivity contribution is 6.31. The van der Waals surface area contributed by atoms with E-state index in [1.807, 2.05) is 36.4 Å². The Morgan fingerprint density at radius 3 is 2.53 bits per heavy atom. The third kappa shape index (κ3) is 5.25. The van der Waals surface area contributed by atoms with Gasteiger partial charge in [-0.3, -0.25) is 9.59 Å². The summed E-state index contributed by atoms with van der Waals surface area (Å²) >= 11 is 6.55. The van der Waals surface area contributed by atoms with E-state index in [2.05, 4.69) is 10.2 Å². The van der Waals surface area contributed by atoms with Crippen LogP contribution in [0.1, 0.15) is 60.9 Å². The molecule has 3 fully saturated rings. The van der Waals surface area contributed by atoms with Crippen LogP contribution < -0.4 is 10.1 Å². The van der Waals surface area contributed by atoms with E-state index in [0.717, 1.165) is 18.5 Å². The minimum atomic E-state index is -0.117. The number of rotatable bonds is 8. The lowest BCUT2D eigenvalue weighted by Crippen LogP contribution is -2.40. The molecule has 0 radical (unpaired) electrons. The van der Waals surface area contributed by atoms with Crippen LogP contribution in [0.4, 0.5) is 0 Å². The molecule has 5 nitrogen and oxygen atoms in total.